The minimum absolute atomic E-state index is 1.16. The number of fused-ring (bicyclic) bond motifs is 9. The zero-order valence-corrected chi connectivity index (χ0v) is 32.0. The molecule has 12 aromatic rings. The third-order valence-corrected chi connectivity index (χ3v) is 12.1. The Kier molecular flexibility index (Phi) is 7.14. The fraction of sp³-hybridized carbons (Fsp3) is 0.0182. The fourth-order valence-corrected chi connectivity index (χ4v) is 9.37. The molecule has 0 fully saturated rings. The van der Waals surface area contributed by atoms with Gasteiger partial charge in [-0.1, -0.05) is 115 Å². The summed E-state index contributed by atoms with van der Waals surface area (Å²) in [5.74, 6) is 0. The Morgan fingerprint density at radius 3 is 0.914 bits per heavy atom. The largest absolute Gasteiger partial charge is 0.309 e. The van der Waals surface area contributed by atoms with Gasteiger partial charge in [-0.05, 0) is 126 Å². The molecule has 0 radical (unpaired) electrons. The van der Waals surface area contributed by atoms with Crippen LogP contribution in [0.2, 0.25) is 0 Å². The van der Waals surface area contributed by atoms with Crippen molar-refractivity contribution in [2.75, 3.05) is 0 Å². The van der Waals surface area contributed by atoms with Gasteiger partial charge in [-0.2, -0.15) is 0 Å². The molecular weight excluding hydrogens is 703 g/mol. The first-order valence-electron chi connectivity index (χ1n) is 20.0. The van der Waals surface area contributed by atoms with Gasteiger partial charge in [-0.15, -0.1) is 0 Å². The molecule has 58 heavy (non-hydrogen) atoms. The molecule has 0 saturated carbocycles. The van der Waals surface area contributed by atoms with Crippen molar-refractivity contribution in [1.82, 2.24) is 13.7 Å². The average Bonchev–Trinajstić information content (AvgIpc) is 3.92. The predicted octanol–water partition coefficient (Wildman–Crippen LogP) is 14.6. The third kappa shape index (κ3) is 4.93. The molecule has 0 spiro atoms. The van der Waals surface area contributed by atoms with E-state index in [1.165, 1.54) is 105 Å². The second-order valence-electron chi connectivity index (χ2n) is 15.5. The molecule has 0 saturated heterocycles. The SMILES string of the molecule is Cc1ccc(-n2c3ccccc3c3cc(-c4ccc5c(c4)c4cc(-c6ccc7c(c6)c6ccccc6n7-c6ccccc6)ccc4n5-c4ccccc4)ccc32)cc1. The molecule has 0 atom stereocenters. The number of hydrogen-bond donors (Lipinski definition) is 0. The van der Waals surface area contributed by atoms with Crippen molar-refractivity contribution in [3.8, 4) is 39.3 Å². The van der Waals surface area contributed by atoms with Crippen LogP contribution in [0, 0.1) is 6.92 Å². The lowest BCUT2D eigenvalue weighted by Crippen LogP contribution is -1.93. The molecule has 272 valence electrons. The van der Waals surface area contributed by atoms with E-state index in [0.717, 1.165) is 5.69 Å². The normalized spacial score (nSPS) is 11.9. The van der Waals surface area contributed by atoms with Gasteiger partial charge in [0, 0.05) is 49.4 Å². The van der Waals surface area contributed by atoms with E-state index < -0.39 is 0 Å². The highest BCUT2D eigenvalue weighted by molar-refractivity contribution is 6.14. The maximum absolute atomic E-state index is 2.41. The molecule has 0 aliphatic carbocycles. The van der Waals surface area contributed by atoms with Crippen LogP contribution < -0.4 is 0 Å². The van der Waals surface area contributed by atoms with Crippen LogP contribution >= 0.6 is 0 Å². The molecule has 9 aromatic carbocycles. The molecule has 3 aromatic heterocycles. The van der Waals surface area contributed by atoms with Crippen LogP contribution in [0.25, 0.3) is 105 Å². The fourth-order valence-electron chi connectivity index (χ4n) is 9.37. The minimum Gasteiger partial charge on any atom is -0.309 e. The number of benzene rings is 9. The standard InChI is InChI=1S/C55H37N3/c1-36-20-26-43(27-21-36)58-51-19-11-9-17-45(51)47-33-38(23-29-53(47)58)40-25-31-55-49(35-40)48-34-39(24-30-54(48)57(55)42-14-6-3-7-15-42)37-22-28-52-46(32-37)44-16-8-10-18-50(44)56(52)41-12-4-2-5-13-41/h2-35H,1H3. The molecule has 3 heteroatoms. The first-order chi connectivity index (χ1) is 28.7. The van der Waals surface area contributed by atoms with Crippen molar-refractivity contribution in [3.05, 3.63) is 212 Å². The summed E-state index contributed by atoms with van der Waals surface area (Å²) in [4.78, 5) is 0. The highest BCUT2D eigenvalue weighted by atomic mass is 15.0. The Morgan fingerprint density at radius 1 is 0.241 bits per heavy atom. The molecule has 0 amide bonds. The van der Waals surface area contributed by atoms with Gasteiger partial charge in [0.2, 0.25) is 0 Å². The van der Waals surface area contributed by atoms with Gasteiger partial charge in [-0.3, -0.25) is 0 Å². The van der Waals surface area contributed by atoms with Crippen LogP contribution in [0.15, 0.2) is 206 Å². The summed E-state index contributed by atoms with van der Waals surface area (Å²) in [7, 11) is 0. The quantitative estimate of drug-likeness (QED) is 0.167. The molecule has 0 N–H and O–H groups in total. The maximum Gasteiger partial charge on any atom is 0.0541 e. The zero-order chi connectivity index (χ0) is 38.3. The van der Waals surface area contributed by atoms with E-state index in [-0.39, 0.29) is 0 Å². The summed E-state index contributed by atoms with van der Waals surface area (Å²) in [6.45, 7) is 2.14. The Hall–Kier alpha value is -7.62. The monoisotopic (exact) mass is 739 g/mol. The number of nitrogens with zero attached hydrogens (tertiary/aromatic N) is 3. The number of hydrogen-bond acceptors (Lipinski definition) is 0. The molecule has 12 rings (SSSR count). The van der Waals surface area contributed by atoms with Crippen LogP contribution in [-0.2, 0) is 0 Å². The Labute approximate surface area is 335 Å². The lowest BCUT2D eigenvalue weighted by atomic mass is 9.98. The van der Waals surface area contributed by atoms with Crippen LogP contribution in [0.5, 0.6) is 0 Å². The molecule has 0 unspecified atom stereocenters. The zero-order valence-electron chi connectivity index (χ0n) is 32.0. The Bertz CT molecular complexity index is 3550. The lowest BCUT2D eigenvalue weighted by molar-refractivity contribution is 1.17. The van der Waals surface area contributed by atoms with E-state index >= 15 is 0 Å². The molecule has 3 heterocycles. The number of aromatic nitrogens is 3. The van der Waals surface area contributed by atoms with Crippen molar-refractivity contribution in [2.45, 2.75) is 6.92 Å². The summed E-state index contributed by atoms with van der Waals surface area (Å²) in [5.41, 5.74) is 16.8. The van der Waals surface area contributed by atoms with E-state index in [1.54, 1.807) is 0 Å². The van der Waals surface area contributed by atoms with E-state index in [4.69, 9.17) is 0 Å². The summed E-state index contributed by atoms with van der Waals surface area (Å²) in [5, 5.41) is 7.50. The van der Waals surface area contributed by atoms with Gasteiger partial charge in [0.1, 0.15) is 0 Å². The topological polar surface area (TPSA) is 14.8 Å². The van der Waals surface area contributed by atoms with Gasteiger partial charge >= 0.3 is 0 Å². The lowest BCUT2D eigenvalue weighted by Gasteiger charge is -2.09. The second kappa shape index (κ2) is 12.7. The Balaban J connectivity index is 1.05. The highest BCUT2D eigenvalue weighted by Crippen LogP contribution is 2.41. The molecule has 3 nitrogen and oxygen atoms in total. The second-order valence-corrected chi connectivity index (χ2v) is 15.5. The van der Waals surface area contributed by atoms with Gasteiger partial charge in [0.05, 0.1) is 33.1 Å². The van der Waals surface area contributed by atoms with Crippen LogP contribution in [0.4, 0.5) is 0 Å². The summed E-state index contributed by atoms with van der Waals surface area (Å²) in [6, 6.07) is 75.7. The molecule has 0 bridgehead atoms. The number of rotatable bonds is 5. The van der Waals surface area contributed by atoms with Crippen molar-refractivity contribution in [1.29, 1.82) is 0 Å². The van der Waals surface area contributed by atoms with Gasteiger partial charge in [0.25, 0.3) is 0 Å². The van der Waals surface area contributed by atoms with Crippen molar-refractivity contribution in [3.63, 3.8) is 0 Å². The van der Waals surface area contributed by atoms with Gasteiger partial charge < -0.3 is 13.7 Å². The van der Waals surface area contributed by atoms with Crippen molar-refractivity contribution >= 4 is 65.4 Å². The first-order valence-corrected chi connectivity index (χ1v) is 20.0. The Morgan fingerprint density at radius 2 is 0.534 bits per heavy atom. The number of para-hydroxylation sites is 4. The summed E-state index contributed by atoms with van der Waals surface area (Å²) in [6.07, 6.45) is 0. The molecule has 0 aliphatic heterocycles. The molecule has 0 aliphatic rings. The minimum atomic E-state index is 1.16. The molecular formula is C55H37N3. The average molecular weight is 740 g/mol. The maximum atomic E-state index is 2.41. The summed E-state index contributed by atoms with van der Waals surface area (Å²) >= 11 is 0. The summed E-state index contributed by atoms with van der Waals surface area (Å²) < 4.78 is 7.18. The first kappa shape index (κ1) is 32.6. The van der Waals surface area contributed by atoms with Crippen LogP contribution in [0.1, 0.15) is 5.56 Å². The van der Waals surface area contributed by atoms with E-state index in [1.807, 2.05) is 0 Å². The van der Waals surface area contributed by atoms with Gasteiger partial charge in [-0.25, -0.2) is 0 Å². The van der Waals surface area contributed by atoms with Crippen LogP contribution in [0.3, 0.4) is 0 Å². The van der Waals surface area contributed by atoms with Gasteiger partial charge in [0.15, 0.2) is 0 Å². The predicted molar refractivity (Wildman–Crippen MR) is 245 cm³/mol. The van der Waals surface area contributed by atoms with E-state index in [9.17, 15) is 0 Å². The van der Waals surface area contributed by atoms with Crippen LogP contribution in [-0.4, -0.2) is 13.7 Å². The third-order valence-electron chi connectivity index (χ3n) is 12.1. The van der Waals surface area contributed by atoms with Crippen molar-refractivity contribution in [2.24, 2.45) is 0 Å². The van der Waals surface area contributed by atoms with E-state index in [2.05, 4.69) is 227 Å². The van der Waals surface area contributed by atoms with Crippen molar-refractivity contribution < 1.29 is 0 Å². The number of aryl methyl sites for hydroxylation is 1. The van der Waals surface area contributed by atoms with E-state index in [0.29, 0.717) is 0 Å². The highest BCUT2D eigenvalue weighted by Gasteiger charge is 2.18. The smallest absolute Gasteiger partial charge is 0.0541 e.